The highest BCUT2D eigenvalue weighted by Gasteiger charge is 2.25. The van der Waals surface area contributed by atoms with Crippen LogP contribution in [0.5, 0.6) is 0 Å². The summed E-state index contributed by atoms with van der Waals surface area (Å²) in [6.07, 6.45) is 0. The molecule has 140 valence electrons. The van der Waals surface area contributed by atoms with Crippen LogP contribution in [0.25, 0.3) is 0 Å². The third kappa shape index (κ3) is 3.77. The van der Waals surface area contributed by atoms with E-state index in [1.54, 1.807) is 6.92 Å². The Bertz CT molecular complexity index is 950. The van der Waals surface area contributed by atoms with Crippen molar-refractivity contribution in [3.63, 3.8) is 0 Å². The van der Waals surface area contributed by atoms with Crippen LogP contribution in [0.4, 0.5) is 5.82 Å². The zero-order chi connectivity index (χ0) is 19.8. The topological polar surface area (TPSA) is 87.1 Å². The molecule has 0 fully saturated rings. The number of aromatic nitrogens is 2. The van der Waals surface area contributed by atoms with E-state index in [2.05, 4.69) is 20.8 Å². The van der Waals surface area contributed by atoms with Gasteiger partial charge in [-0.25, -0.2) is 4.79 Å². The number of nitrogens with two attached hydrogens (primary N) is 1. The van der Waals surface area contributed by atoms with Crippen molar-refractivity contribution >= 4 is 23.4 Å². The summed E-state index contributed by atoms with van der Waals surface area (Å²) in [6, 6.07) is 8.02. The second-order valence-corrected chi connectivity index (χ2v) is 8.78. The van der Waals surface area contributed by atoms with E-state index in [4.69, 9.17) is 5.73 Å². The molecule has 0 amide bonds. The number of nitrogen functional groups attached to an aromatic ring is 1. The summed E-state index contributed by atoms with van der Waals surface area (Å²) >= 11 is 1.36. The molecule has 0 spiro atoms. The third-order valence-electron chi connectivity index (χ3n) is 4.36. The molecule has 2 aromatic rings. The fourth-order valence-electron chi connectivity index (χ4n) is 2.59. The van der Waals surface area contributed by atoms with Crippen molar-refractivity contribution in [2.45, 2.75) is 43.3 Å². The van der Waals surface area contributed by atoms with Crippen LogP contribution in [-0.4, -0.2) is 20.2 Å². The minimum atomic E-state index is -0.661. The van der Waals surface area contributed by atoms with Gasteiger partial charge >= 0.3 is 5.69 Å². The second-order valence-electron chi connectivity index (χ2n) is 7.36. The maximum absolute atomic E-state index is 12.8. The molecule has 0 aliphatic carbocycles. The highest BCUT2D eigenvalue weighted by molar-refractivity contribution is 8.00. The number of ketones is 1. The highest BCUT2D eigenvalue weighted by Crippen LogP contribution is 2.29. The number of nitrogens with zero attached hydrogens (tertiary/aromatic N) is 2. The number of rotatable bonds is 4. The van der Waals surface area contributed by atoms with Crippen molar-refractivity contribution in [2.75, 3.05) is 5.73 Å². The zero-order valence-corrected chi connectivity index (χ0v) is 16.8. The number of Topliss-reactive ketones (excluding diaryl/α,β-unsaturated/α-hetero) is 1. The number of thioether (sulfide) groups is 1. The molecule has 0 saturated heterocycles. The fourth-order valence-corrected chi connectivity index (χ4v) is 3.51. The molecule has 2 rings (SSSR count). The van der Waals surface area contributed by atoms with Gasteiger partial charge in [0.1, 0.15) is 11.4 Å². The van der Waals surface area contributed by atoms with Gasteiger partial charge in [0.15, 0.2) is 5.78 Å². The molecule has 26 heavy (non-hydrogen) atoms. The Morgan fingerprint density at radius 3 is 2.12 bits per heavy atom. The molecule has 0 bridgehead atoms. The minimum absolute atomic E-state index is 0.0557. The van der Waals surface area contributed by atoms with Crippen molar-refractivity contribution in [3.8, 4) is 0 Å². The first kappa shape index (κ1) is 20.0. The van der Waals surface area contributed by atoms with Crippen LogP contribution in [0.3, 0.4) is 0 Å². The first-order valence-electron chi connectivity index (χ1n) is 8.32. The van der Waals surface area contributed by atoms with Crippen LogP contribution in [0.1, 0.15) is 43.6 Å². The van der Waals surface area contributed by atoms with Crippen LogP contribution in [0, 0.1) is 0 Å². The predicted octanol–water partition coefficient (Wildman–Crippen LogP) is 2.33. The Morgan fingerprint density at radius 2 is 1.62 bits per heavy atom. The molecular weight excluding hydrogens is 350 g/mol. The van der Waals surface area contributed by atoms with Crippen molar-refractivity contribution in [2.24, 2.45) is 14.1 Å². The standard InChI is InChI=1S/C19H25N3O3S/c1-11(26-13-9-7-12(8-10-13)19(2,3)4)15(23)14-16(20)21(5)18(25)22(6)17(14)24/h7-11H,20H2,1-6H3/t11-/m0/s1. The number of benzene rings is 1. The number of carbonyl (C=O) groups excluding carboxylic acids is 1. The molecular formula is C19H25N3O3S. The van der Waals surface area contributed by atoms with Gasteiger partial charge in [0, 0.05) is 19.0 Å². The summed E-state index contributed by atoms with van der Waals surface area (Å²) in [5.41, 5.74) is 5.78. The van der Waals surface area contributed by atoms with E-state index < -0.39 is 16.5 Å². The molecule has 1 atom stereocenters. The van der Waals surface area contributed by atoms with E-state index >= 15 is 0 Å². The van der Waals surface area contributed by atoms with Crippen LogP contribution >= 0.6 is 11.8 Å². The maximum atomic E-state index is 12.8. The smallest absolute Gasteiger partial charge is 0.332 e. The van der Waals surface area contributed by atoms with Gasteiger partial charge in [-0.15, -0.1) is 11.8 Å². The third-order valence-corrected chi connectivity index (χ3v) is 5.47. The molecule has 0 unspecified atom stereocenters. The summed E-state index contributed by atoms with van der Waals surface area (Å²) in [5.74, 6) is -0.484. The summed E-state index contributed by atoms with van der Waals surface area (Å²) in [6.45, 7) is 8.15. The number of anilines is 1. The normalized spacial score (nSPS) is 12.8. The van der Waals surface area contributed by atoms with Crippen LogP contribution < -0.4 is 17.0 Å². The average Bonchev–Trinajstić information content (AvgIpc) is 2.58. The molecule has 6 nitrogen and oxygen atoms in total. The molecule has 0 aliphatic rings. The van der Waals surface area contributed by atoms with Gasteiger partial charge in [-0.3, -0.25) is 18.7 Å². The monoisotopic (exact) mass is 375 g/mol. The summed E-state index contributed by atoms with van der Waals surface area (Å²) in [5, 5.41) is -0.511. The quantitative estimate of drug-likeness (QED) is 0.655. The lowest BCUT2D eigenvalue weighted by Crippen LogP contribution is -2.42. The van der Waals surface area contributed by atoms with Crippen molar-refractivity contribution in [3.05, 3.63) is 56.2 Å². The molecule has 1 aromatic heterocycles. The Kier molecular flexibility index (Phi) is 5.51. The molecule has 1 aromatic carbocycles. The minimum Gasteiger partial charge on any atom is -0.384 e. The zero-order valence-electron chi connectivity index (χ0n) is 16.0. The van der Waals surface area contributed by atoms with E-state index in [1.807, 2.05) is 24.3 Å². The Morgan fingerprint density at radius 1 is 1.08 bits per heavy atom. The van der Waals surface area contributed by atoms with Crippen molar-refractivity contribution in [1.29, 1.82) is 0 Å². The molecule has 0 saturated carbocycles. The largest absolute Gasteiger partial charge is 0.384 e. The fraction of sp³-hybridized carbons (Fsp3) is 0.421. The lowest BCUT2D eigenvalue weighted by Gasteiger charge is -2.19. The molecule has 0 aliphatic heterocycles. The van der Waals surface area contributed by atoms with Crippen molar-refractivity contribution in [1.82, 2.24) is 9.13 Å². The van der Waals surface area contributed by atoms with Gasteiger partial charge < -0.3 is 5.73 Å². The maximum Gasteiger partial charge on any atom is 0.332 e. The molecule has 7 heteroatoms. The predicted molar refractivity (Wildman–Crippen MR) is 106 cm³/mol. The summed E-state index contributed by atoms with van der Waals surface area (Å²) < 4.78 is 2.02. The van der Waals surface area contributed by atoms with Gasteiger partial charge in [-0.2, -0.15) is 0 Å². The van der Waals surface area contributed by atoms with Gasteiger partial charge in [-0.05, 0) is 30.0 Å². The SMILES string of the molecule is C[C@H](Sc1ccc(C(C)(C)C)cc1)C(=O)c1c(N)n(C)c(=O)n(C)c1=O. The van der Waals surface area contributed by atoms with Gasteiger partial charge in [-0.1, -0.05) is 32.9 Å². The van der Waals surface area contributed by atoms with Gasteiger partial charge in [0.05, 0.1) is 5.25 Å². The van der Waals surface area contributed by atoms with Crippen molar-refractivity contribution < 1.29 is 4.79 Å². The first-order valence-corrected chi connectivity index (χ1v) is 9.20. The van der Waals surface area contributed by atoms with E-state index in [-0.39, 0.29) is 22.6 Å². The molecule has 1 heterocycles. The summed E-state index contributed by atoms with van der Waals surface area (Å²) in [7, 11) is 2.78. The van der Waals surface area contributed by atoms with Gasteiger partial charge in [0.2, 0.25) is 0 Å². The summed E-state index contributed by atoms with van der Waals surface area (Å²) in [4.78, 5) is 38.0. The highest BCUT2D eigenvalue weighted by atomic mass is 32.2. The van der Waals surface area contributed by atoms with E-state index in [1.165, 1.54) is 31.4 Å². The molecule has 2 N–H and O–H groups in total. The van der Waals surface area contributed by atoms with Gasteiger partial charge in [0.25, 0.3) is 5.56 Å². The number of carbonyl (C=O) groups is 1. The number of hydrogen-bond donors (Lipinski definition) is 1. The Balaban J connectivity index is 2.32. The Labute approximate surface area is 157 Å². The lowest BCUT2D eigenvalue weighted by atomic mass is 9.87. The first-order chi connectivity index (χ1) is 11.9. The second kappa shape index (κ2) is 7.15. The van der Waals surface area contributed by atoms with Crippen LogP contribution in [-0.2, 0) is 19.5 Å². The van der Waals surface area contributed by atoms with E-state index in [9.17, 15) is 14.4 Å². The Hall–Kier alpha value is -2.28. The van der Waals surface area contributed by atoms with E-state index in [0.717, 1.165) is 14.0 Å². The van der Waals surface area contributed by atoms with Crippen LogP contribution in [0.2, 0.25) is 0 Å². The molecule has 0 radical (unpaired) electrons. The average molecular weight is 375 g/mol. The number of hydrogen-bond acceptors (Lipinski definition) is 5. The lowest BCUT2D eigenvalue weighted by molar-refractivity contribution is 0.0992. The van der Waals surface area contributed by atoms with E-state index in [0.29, 0.717) is 0 Å². The van der Waals surface area contributed by atoms with Crippen LogP contribution in [0.15, 0.2) is 38.8 Å².